The molecule has 35 heavy (non-hydrogen) atoms. The number of carbonyl (C=O) groups is 1. The smallest absolute Gasteiger partial charge is 0.257 e. The number of pyridine rings is 1. The van der Waals surface area contributed by atoms with Crippen LogP contribution in [0.5, 0.6) is 0 Å². The maximum atomic E-state index is 13.0. The van der Waals surface area contributed by atoms with Crippen molar-refractivity contribution in [2.45, 2.75) is 6.92 Å². The SMILES string of the molecule is Cc1cccc(-c2nnc3c4ccccc4nc(N4CCN(C(=O)c5cccnc5Cl)CC4)n23)c1. The van der Waals surface area contributed by atoms with Crippen molar-refractivity contribution in [3.05, 3.63) is 83.1 Å². The van der Waals surface area contributed by atoms with Gasteiger partial charge >= 0.3 is 0 Å². The fourth-order valence-electron chi connectivity index (χ4n) is 4.57. The minimum absolute atomic E-state index is 0.107. The molecule has 0 aliphatic carbocycles. The van der Waals surface area contributed by atoms with Crippen molar-refractivity contribution < 1.29 is 4.79 Å². The molecule has 0 radical (unpaired) electrons. The molecular weight excluding hydrogens is 462 g/mol. The van der Waals surface area contributed by atoms with Gasteiger partial charge in [0.25, 0.3) is 5.91 Å². The van der Waals surface area contributed by atoms with Gasteiger partial charge in [-0.25, -0.2) is 14.4 Å². The molecule has 1 saturated heterocycles. The number of aromatic nitrogens is 5. The minimum atomic E-state index is -0.107. The van der Waals surface area contributed by atoms with Crippen LogP contribution in [0.4, 0.5) is 5.95 Å². The fourth-order valence-corrected chi connectivity index (χ4v) is 4.77. The quantitative estimate of drug-likeness (QED) is 0.357. The number of hydrogen-bond acceptors (Lipinski definition) is 6. The highest BCUT2D eigenvalue weighted by Crippen LogP contribution is 2.29. The van der Waals surface area contributed by atoms with E-state index in [1.807, 2.05) is 45.7 Å². The van der Waals surface area contributed by atoms with Crippen LogP contribution in [0.2, 0.25) is 5.15 Å². The zero-order valence-corrected chi connectivity index (χ0v) is 19.9. The highest BCUT2D eigenvalue weighted by Gasteiger charge is 2.27. The zero-order valence-electron chi connectivity index (χ0n) is 19.1. The predicted octanol–water partition coefficient (Wildman–Crippen LogP) is 4.26. The largest absolute Gasteiger partial charge is 0.338 e. The molecule has 3 aromatic heterocycles. The molecule has 174 valence electrons. The number of carbonyl (C=O) groups excluding carboxylic acids is 1. The Morgan fingerprint density at radius 3 is 2.57 bits per heavy atom. The van der Waals surface area contributed by atoms with Crippen LogP contribution >= 0.6 is 11.6 Å². The molecule has 0 atom stereocenters. The van der Waals surface area contributed by atoms with Crippen LogP contribution in [0.25, 0.3) is 27.9 Å². The third kappa shape index (κ3) is 3.76. The average Bonchev–Trinajstić information content (AvgIpc) is 3.34. The number of fused-ring (bicyclic) bond motifs is 3. The summed E-state index contributed by atoms with van der Waals surface area (Å²) < 4.78 is 2.03. The standard InChI is InChI=1S/C26H22ClN7O/c1-17-6-4-7-18(16-17)23-30-31-24-19-8-2-3-10-21(19)29-26(34(23)24)33-14-12-32(13-15-33)25(35)20-9-5-11-28-22(20)27/h2-11,16H,12-15H2,1H3. The van der Waals surface area contributed by atoms with Crippen molar-refractivity contribution in [2.24, 2.45) is 0 Å². The molecule has 4 heterocycles. The number of rotatable bonds is 3. The van der Waals surface area contributed by atoms with Crippen LogP contribution < -0.4 is 4.90 Å². The van der Waals surface area contributed by atoms with Crippen LogP contribution in [-0.2, 0) is 0 Å². The van der Waals surface area contributed by atoms with Gasteiger partial charge in [0, 0.05) is 43.3 Å². The maximum Gasteiger partial charge on any atom is 0.257 e. The van der Waals surface area contributed by atoms with Crippen LogP contribution in [0.15, 0.2) is 66.9 Å². The van der Waals surface area contributed by atoms with E-state index in [1.165, 1.54) is 0 Å². The van der Waals surface area contributed by atoms with Crippen LogP contribution in [-0.4, -0.2) is 61.6 Å². The zero-order chi connectivity index (χ0) is 23.9. The fraction of sp³-hybridized carbons (Fsp3) is 0.192. The van der Waals surface area contributed by atoms with E-state index < -0.39 is 0 Å². The van der Waals surface area contributed by atoms with E-state index >= 15 is 0 Å². The van der Waals surface area contributed by atoms with Crippen LogP contribution in [0.1, 0.15) is 15.9 Å². The van der Waals surface area contributed by atoms with Crippen molar-refractivity contribution in [3.63, 3.8) is 0 Å². The summed E-state index contributed by atoms with van der Waals surface area (Å²) in [6.45, 7) is 4.39. The molecule has 0 bridgehead atoms. The molecule has 1 aliphatic heterocycles. The Hall–Kier alpha value is -4.04. The summed E-state index contributed by atoms with van der Waals surface area (Å²) in [7, 11) is 0. The lowest BCUT2D eigenvalue weighted by Gasteiger charge is -2.35. The number of amides is 1. The lowest BCUT2D eigenvalue weighted by Crippen LogP contribution is -2.49. The molecule has 1 amide bonds. The van der Waals surface area contributed by atoms with Gasteiger partial charge in [-0.15, -0.1) is 10.2 Å². The lowest BCUT2D eigenvalue weighted by molar-refractivity contribution is 0.0746. The Kier molecular flexibility index (Phi) is 5.30. The molecule has 1 fully saturated rings. The second-order valence-electron chi connectivity index (χ2n) is 8.60. The Morgan fingerprint density at radius 1 is 0.943 bits per heavy atom. The predicted molar refractivity (Wildman–Crippen MR) is 136 cm³/mol. The highest BCUT2D eigenvalue weighted by atomic mass is 35.5. The molecule has 8 nitrogen and oxygen atoms in total. The summed E-state index contributed by atoms with van der Waals surface area (Å²) in [6.07, 6.45) is 1.58. The number of nitrogens with zero attached hydrogens (tertiary/aromatic N) is 7. The summed E-state index contributed by atoms with van der Waals surface area (Å²) in [6, 6.07) is 19.6. The molecular formula is C26H22ClN7O. The summed E-state index contributed by atoms with van der Waals surface area (Å²) in [5.41, 5.74) is 4.18. The number of piperazine rings is 1. The van der Waals surface area contributed by atoms with E-state index in [2.05, 4.69) is 39.1 Å². The molecule has 5 aromatic rings. The third-order valence-corrected chi connectivity index (χ3v) is 6.65. The minimum Gasteiger partial charge on any atom is -0.338 e. The van der Waals surface area contributed by atoms with Gasteiger partial charge in [-0.05, 0) is 37.3 Å². The Labute approximate surface area is 206 Å². The molecule has 2 aromatic carbocycles. The van der Waals surface area contributed by atoms with Gasteiger partial charge in [-0.2, -0.15) is 0 Å². The monoisotopic (exact) mass is 483 g/mol. The van der Waals surface area contributed by atoms with Crippen molar-refractivity contribution in [2.75, 3.05) is 31.1 Å². The summed E-state index contributed by atoms with van der Waals surface area (Å²) in [4.78, 5) is 26.1. The van der Waals surface area contributed by atoms with Gasteiger partial charge < -0.3 is 9.80 Å². The number of hydrogen-bond donors (Lipinski definition) is 0. The third-order valence-electron chi connectivity index (χ3n) is 6.34. The van der Waals surface area contributed by atoms with E-state index in [-0.39, 0.29) is 11.1 Å². The summed E-state index contributed by atoms with van der Waals surface area (Å²) in [5.74, 6) is 1.41. The van der Waals surface area contributed by atoms with Gasteiger partial charge in [0.15, 0.2) is 11.5 Å². The Balaban J connectivity index is 1.39. The van der Waals surface area contributed by atoms with Crippen molar-refractivity contribution in [1.82, 2.24) is 29.5 Å². The Bertz CT molecular complexity index is 1570. The van der Waals surface area contributed by atoms with Crippen molar-refractivity contribution in [3.8, 4) is 11.4 Å². The van der Waals surface area contributed by atoms with E-state index in [0.717, 1.165) is 39.4 Å². The first-order chi connectivity index (χ1) is 17.1. The molecule has 6 rings (SSSR count). The first-order valence-corrected chi connectivity index (χ1v) is 11.8. The normalized spacial score (nSPS) is 14.1. The molecule has 0 N–H and O–H groups in total. The van der Waals surface area contributed by atoms with Crippen LogP contribution in [0.3, 0.4) is 0 Å². The second kappa shape index (κ2) is 8.63. The first-order valence-electron chi connectivity index (χ1n) is 11.5. The van der Waals surface area contributed by atoms with Gasteiger partial charge in [0.05, 0.1) is 11.1 Å². The highest BCUT2D eigenvalue weighted by molar-refractivity contribution is 6.32. The van der Waals surface area contributed by atoms with Crippen molar-refractivity contribution >= 4 is 40.0 Å². The molecule has 1 aliphatic rings. The molecule has 0 unspecified atom stereocenters. The second-order valence-corrected chi connectivity index (χ2v) is 8.96. The van der Waals surface area contributed by atoms with E-state index in [0.29, 0.717) is 31.7 Å². The maximum absolute atomic E-state index is 13.0. The molecule has 0 spiro atoms. The Morgan fingerprint density at radius 2 is 1.77 bits per heavy atom. The topological polar surface area (TPSA) is 79.5 Å². The van der Waals surface area contributed by atoms with E-state index in [4.69, 9.17) is 16.6 Å². The van der Waals surface area contributed by atoms with Gasteiger partial charge in [0.1, 0.15) is 5.15 Å². The van der Waals surface area contributed by atoms with E-state index in [1.54, 1.807) is 18.3 Å². The summed E-state index contributed by atoms with van der Waals surface area (Å²) in [5, 5.41) is 10.3. The lowest BCUT2D eigenvalue weighted by atomic mass is 10.1. The van der Waals surface area contributed by atoms with Gasteiger partial charge in [0.2, 0.25) is 5.95 Å². The van der Waals surface area contributed by atoms with Crippen molar-refractivity contribution in [1.29, 1.82) is 0 Å². The number of benzene rings is 2. The molecule has 0 saturated carbocycles. The van der Waals surface area contributed by atoms with Gasteiger partial charge in [-0.3, -0.25) is 4.79 Å². The number of halogens is 1. The number of para-hydroxylation sites is 1. The average molecular weight is 484 g/mol. The molecule has 9 heteroatoms. The summed E-state index contributed by atoms with van der Waals surface area (Å²) >= 11 is 6.16. The van der Waals surface area contributed by atoms with Crippen LogP contribution in [0, 0.1) is 6.92 Å². The van der Waals surface area contributed by atoms with E-state index in [9.17, 15) is 4.79 Å². The number of anilines is 1. The first kappa shape index (κ1) is 21.5. The number of aryl methyl sites for hydroxylation is 1. The van der Waals surface area contributed by atoms with Gasteiger partial charge in [-0.1, -0.05) is 47.5 Å².